The first kappa shape index (κ1) is 10.5. The van der Waals surface area contributed by atoms with Crippen LogP contribution in [0.2, 0.25) is 0 Å². The Kier molecular flexibility index (Phi) is 8.04. The van der Waals surface area contributed by atoms with Crippen LogP contribution in [0.25, 0.3) is 0 Å². The van der Waals surface area contributed by atoms with Crippen molar-refractivity contribution in [1.82, 2.24) is 0 Å². The Hall–Kier alpha value is 0.530. The van der Waals surface area contributed by atoms with E-state index in [-0.39, 0.29) is 0 Å². The molecule has 0 rings (SSSR count). The lowest BCUT2D eigenvalue weighted by Crippen LogP contribution is -1.94. The first-order valence-corrected chi connectivity index (χ1v) is 5.61. The SMILES string of the molecule is CSCOCC(C)=CCBr. The van der Waals surface area contributed by atoms with Crippen LogP contribution in [0, 0.1) is 0 Å². The van der Waals surface area contributed by atoms with E-state index < -0.39 is 0 Å². The van der Waals surface area contributed by atoms with E-state index in [0.717, 1.165) is 17.9 Å². The predicted molar refractivity (Wildman–Crippen MR) is 51.9 cm³/mol. The number of thioether (sulfide) groups is 1. The molecule has 0 unspecified atom stereocenters. The van der Waals surface area contributed by atoms with Crippen molar-refractivity contribution in [3.8, 4) is 0 Å². The second-order valence-corrected chi connectivity index (χ2v) is 3.42. The molecule has 0 aromatic carbocycles. The van der Waals surface area contributed by atoms with Gasteiger partial charge in [0.1, 0.15) is 0 Å². The van der Waals surface area contributed by atoms with E-state index in [0.29, 0.717) is 0 Å². The summed E-state index contributed by atoms with van der Waals surface area (Å²) in [6, 6.07) is 0. The maximum Gasteiger partial charge on any atom is 0.0922 e. The Balaban J connectivity index is 3.21. The van der Waals surface area contributed by atoms with Crippen LogP contribution in [0.1, 0.15) is 6.92 Å². The van der Waals surface area contributed by atoms with E-state index in [4.69, 9.17) is 4.74 Å². The van der Waals surface area contributed by atoms with Gasteiger partial charge in [-0.05, 0) is 13.2 Å². The van der Waals surface area contributed by atoms with Gasteiger partial charge in [0.2, 0.25) is 0 Å². The fourth-order valence-corrected chi connectivity index (χ4v) is 1.28. The van der Waals surface area contributed by atoms with Crippen LogP contribution in [0.15, 0.2) is 11.6 Å². The van der Waals surface area contributed by atoms with Gasteiger partial charge >= 0.3 is 0 Å². The van der Waals surface area contributed by atoms with Crippen molar-refractivity contribution < 1.29 is 4.74 Å². The Morgan fingerprint density at radius 2 is 2.40 bits per heavy atom. The van der Waals surface area contributed by atoms with Gasteiger partial charge < -0.3 is 4.74 Å². The van der Waals surface area contributed by atoms with E-state index in [2.05, 4.69) is 28.9 Å². The lowest BCUT2D eigenvalue weighted by atomic mass is 10.3. The van der Waals surface area contributed by atoms with Crippen molar-refractivity contribution in [3.63, 3.8) is 0 Å². The molecular formula is C7H13BrOS. The number of hydrogen-bond acceptors (Lipinski definition) is 2. The second-order valence-electron chi connectivity index (χ2n) is 1.96. The highest BCUT2D eigenvalue weighted by molar-refractivity contribution is 9.09. The normalized spacial score (nSPS) is 12.1. The van der Waals surface area contributed by atoms with Crippen LogP contribution < -0.4 is 0 Å². The van der Waals surface area contributed by atoms with Crippen LogP contribution in [0.5, 0.6) is 0 Å². The lowest BCUT2D eigenvalue weighted by Gasteiger charge is -2.00. The molecule has 0 aliphatic heterocycles. The molecular weight excluding hydrogens is 212 g/mol. The summed E-state index contributed by atoms with van der Waals surface area (Å²) < 4.78 is 5.27. The van der Waals surface area contributed by atoms with Crippen LogP contribution in [-0.4, -0.2) is 24.1 Å². The molecule has 0 aliphatic carbocycles. The minimum absolute atomic E-state index is 0.756. The van der Waals surface area contributed by atoms with Gasteiger partial charge in [-0.1, -0.05) is 27.6 Å². The van der Waals surface area contributed by atoms with Crippen LogP contribution in [-0.2, 0) is 4.74 Å². The van der Waals surface area contributed by atoms with Crippen LogP contribution in [0.3, 0.4) is 0 Å². The Morgan fingerprint density at radius 1 is 1.70 bits per heavy atom. The van der Waals surface area contributed by atoms with Crippen molar-refractivity contribution in [2.75, 3.05) is 24.1 Å². The van der Waals surface area contributed by atoms with Gasteiger partial charge in [-0.2, -0.15) is 0 Å². The van der Waals surface area contributed by atoms with Crippen molar-refractivity contribution in [1.29, 1.82) is 0 Å². The summed E-state index contributed by atoms with van der Waals surface area (Å²) in [7, 11) is 0. The molecule has 0 aromatic heterocycles. The van der Waals surface area contributed by atoms with Crippen LogP contribution >= 0.6 is 27.7 Å². The molecule has 0 N–H and O–H groups in total. The van der Waals surface area contributed by atoms with Crippen LogP contribution in [0.4, 0.5) is 0 Å². The summed E-state index contributed by atoms with van der Waals surface area (Å²) in [5.74, 6) is 0.785. The number of allylic oxidation sites excluding steroid dienone is 1. The zero-order chi connectivity index (χ0) is 7.82. The van der Waals surface area contributed by atoms with E-state index in [9.17, 15) is 0 Å². The first-order valence-electron chi connectivity index (χ1n) is 3.09. The third kappa shape index (κ3) is 6.65. The topological polar surface area (TPSA) is 9.23 Å². The lowest BCUT2D eigenvalue weighted by molar-refractivity contribution is 0.209. The molecule has 0 spiro atoms. The molecule has 10 heavy (non-hydrogen) atoms. The molecule has 0 atom stereocenters. The molecule has 0 saturated carbocycles. The van der Waals surface area contributed by atoms with Crippen molar-refractivity contribution in [2.45, 2.75) is 6.92 Å². The molecule has 0 amide bonds. The van der Waals surface area contributed by atoms with Crippen molar-refractivity contribution in [2.24, 2.45) is 0 Å². The van der Waals surface area contributed by atoms with E-state index in [1.54, 1.807) is 11.8 Å². The number of alkyl halides is 1. The number of ether oxygens (including phenoxy) is 1. The predicted octanol–water partition coefficient (Wildman–Crippen LogP) is 2.66. The smallest absolute Gasteiger partial charge is 0.0922 e. The molecule has 3 heteroatoms. The summed E-state index contributed by atoms with van der Waals surface area (Å²) in [4.78, 5) is 0. The van der Waals surface area contributed by atoms with Gasteiger partial charge in [-0.25, -0.2) is 0 Å². The van der Waals surface area contributed by atoms with Crippen molar-refractivity contribution in [3.05, 3.63) is 11.6 Å². The van der Waals surface area contributed by atoms with Gasteiger partial charge in [-0.3, -0.25) is 0 Å². The maximum atomic E-state index is 5.27. The zero-order valence-corrected chi connectivity index (χ0v) is 8.80. The highest BCUT2D eigenvalue weighted by Crippen LogP contribution is 1.98. The fraction of sp³-hybridized carbons (Fsp3) is 0.714. The first-order chi connectivity index (χ1) is 4.81. The van der Waals surface area contributed by atoms with E-state index in [1.807, 2.05) is 6.26 Å². The molecule has 0 radical (unpaired) electrons. The second kappa shape index (κ2) is 7.63. The summed E-state index contributed by atoms with van der Waals surface area (Å²) >= 11 is 5.02. The average Bonchev–Trinajstić information content (AvgIpc) is 1.89. The summed E-state index contributed by atoms with van der Waals surface area (Å²) in [5.41, 5.74) is 1.28. The highest BCUT2D eigenvalue weighted by Gasteiger charge is 1.87. The molecule has 60 valence electrons. The monoisotopic (exact) mass is 224 g/mol. The standard InChI is InChI=1S/C7H13BrOS/c1-7(3-4-8)5-9-6-10-2/h3H,4-6H2,1-2H3. The molecule has 0 saturated heterocycles. The quantitative estimate of drug-likeness (QED) is 0.308. The Bertz CT molecular complexity index is 104. The Labute approximate surface area is 75.3 Å². The average molecular weight is 225 g/mol. The van der Waals surface area contributed by atoms with Gasteiger partial charge in [0.05, 0.1) is 12.5 Å². The van der Waals surface area contributed by atoms with E-state index in [1.165, 1.54) is 5.57 Å². The minimum Gasteiger partial charge on any atom is -0.367 e. The van der Waals surface area contributed by atoms with Gasteiger partial charge in [-0.15, -0.1) is 11.8 Å². The fourth-order valence-electron chi connectivity index (χ4n) is 0.477. The van der Waals surface area contributed by atoms with Gasteiger partial charge in [0, 0.05) is 5.33 Å². The third-order valence-corrected chi connectivity index (χ3v) is 1.68. The summed E-state index contributed by atoms with van der Waals surface area (Å²) in [6.07, 6.45) is 4.14. The minimum atomic E-state index is 0.756. The number of rotatable bonds is 5. The highest BCUT2D eigenvalue weighted by atomic mass is 79.9. The zero-order valence-electron chi connectivity index (χ0n) is 6.39. The maximum absolute atomic E-state index is 5.27. The number of hydrogen-bond donors (Lipinski definition) is 0. The summed E-state index contributed by atoms with van der Waals surface area (Å²) in [6.45, 7) is 2.83. The van der Waals surface area contributed by atoms with E-state index >= 15 is 0 Å². The Morgan fingerprint density at radius 3 is 2.90 bits per heavy atom. The van der Waals surface area contributed by atoms with Gasteiger partial charge in [0.25, 0.3) is 0 Å². The third-order valence-electron chi connectivity index (χ3n) is 0.957. The molecule has 0 fully saturated rings. The molecule has 0 bridgehead atoms. The molecule has 0 aliphatic rings. The molecule has 0 heterocycles. The molecule has 0 aromatic rings. The molecule has 1 nitrogen and oxygen atoms in total. The number of halogens is 1. The van der Waals surface area contributed by atoms with Gasteiger partial charge in [0.15, 0.2) is 0 Å². The van der Waals surface area contributed by atoms with Crippen molar-refractivity contribution >= 4 is 27.7 Å². The summed E-state index contributed by atoms with van der Waals surface area (Å²) in [5, 5.41) is 0.918. The largest absolute Gasteiger partial charge is 0.367 e.